The number of benzene rings is 3. The van der Waals surface area contributed by atoms with Crippen molar-refractivity contribution in [1.82, 2.24) is 10.4 Å². The molecule has 0 unspecified atom stereocenters. The molecule has 0 spiro atoms. The molecule has 0 radical (unpaired) electrons. The molecule has 30 heavy (non-hydrogen) atoms. The van der Waals surface area contributed by atoms with Gasteiger partial charge in [0.2, 0.25) is 0 Å². The number of halogens is 1. The normalized spacial score (nSPS) is 19.8. The van der Waals surface area contributed by atoms with Crippen LogP contribution in [0, 0.1) is 5.82 Å². The molecule has 1 N–H and O–H groups in total. The summed E-state index contributed by atoms with van der Waals surface area (Å²) in [6, 6.07) is 20.2. The topological polar surface area (TPSA) is 43.0 Å². The summed E-state index contributed by atoms with van der Waals surface area (Å²) in [7, 11) is 3.24. The molecule has 3 aromatic carbocycles. The van der Waals surface area contributed by atoms with E-state index in [9.17, 15) is 4.39 Å². The Morgan fingerprint density at radius 1 is 0.933 bits per heavy atom. The maximum atomic E-state index is 13.5. The van der Waals surface area contributed by atoms with E-state index < -0.39 is 6.23 Å². The second-order valence-electron chi connectivity index (χ2n) is 7.17. The molecule has 2 heterocycles. The van der Waals surface area contributed by atoms with E-state index in [1.54, 1.807) is 26.4 Å². The van der Waals surface area contributed by atoms with Crippen LogP contribution < -0.4 is 19.6 Å². The van der Waals surface area contributed by atoms with Crippen LogP contribution in [0.25, 0.3) is 5.70 Å². The highest BCUT2D eigenvalue weighted by atomic mass is 19.1. The van der Waals surface area contributed by atoms with Gasteiger partial charge in [0.1, 0.15) is 11.6 Å². The van der Waals surface area contributed by atoms with E-state index in [4.69, 9.17) is 14.2 Å². The molecule has 0 aromatic heterocycles. The van der Waals surface area contributed by atoms with Gasteiger partial charge in [0.15, 0.2) is 17.7 Å². The van der Waals surface area contributed by atoms with Crippen LogP contribution in [0.5, 0.6) is 17.2 Å². The molecule has 6 heteroatoms. The van der Waals surface area contributed by atoms with E-state index in [0.29, 0.717) is 11.5 Å². The summed E-state index contributed by atoms with van der Waals surface area (Å²) in [6.07, 6.45) is 1.76. The lowest BCUT2D eigenvalue weighted by molar-refractivity contribution is -0.0326. The highest BCUT2D eigenvalue weighted by Crippen LogP contribution is 2.46. The molecule has 0 aliphatic carbocycles. The minimum atomic E-state index is -0.403. The van der Waals surface area contributed by atoms with Crippen LogP contribution in [0.2, 0.25) is 0 Å². The monoisotopic (exact) mass is 404 g/mol. The van der Waals surface area contributed by atoms with Crippen molar-refractivity contribution in [2.75, 3.05) is 14.2 Å². The van der Waals surface area contributed by atoms with Crippen molar-refractivity contribution in [1.29, 1.82) is 0 Å². The average Bonchev–Trinajstić information content (AvgIpc) is 3.24. The summed E-state index contributed by atoms with van der Waals surface area (Å²) >= 11 is 0. The lowest BCUT2D eigenvalue weighted by atomic mass is 10.0. The number of rotatable bonds is 4. The van der Waals surface area contributed by atoms with Crippen molar-refractivity contribution in [3.8, 4) is 17.2 Å². The smallest absolute Gasteiger partial charge is 0.195 e. The zero-order valence-electron chi connectivity index (χ0n) is 16.6. The molecule has 2 atom stereocenters. The molecule has 5 nitrogen and oxygen atoms in total. The van der Waals surface area contributed by atoms with Crippen LogP contribution in [0.3, 0.4) is 0 Å². The van der Waals surface area contributed by atoms with Gasteiger partial charge in [0, 0.05) is 16.7 Å². The number of para-hydroxylation sites is 1. The first-order valence-corrected chi connectivity index (χ1v) is 9.68. The molecular formula is C24H21FN2O3. The Hall–Kier alpha value is -3.51. The fourth-order valence-electron chi connectivity index (χ4n) is 3.96. The standard InChI is InChI=1S/C24H21FN2O3/c1-28-22-12-9-16(13-23(22)29-2)19-14-20-18-5-3-4-6-21(18)30-24(27(20)26-19)15-7-10-17(25)11-8-15/h3-14,20,24,26H,1-2H3/t20-,24-/m0/s1. The maximum Gasteiger partial charge on any atom is 0.195 e. The van der Waals surface area contributed by atoms with Gasteiger partial charge in [0.05, 0.1) is 26.0 Å². The first-order chi connectivity index (χ1) is 14.7. The molecule has 0 amide bonds. The van der Waals surface area contributed by atoms with Crippen LogP contribution in [0.1, 0.15) is 29.0 Å². The van der Waals surface area contributed by atoms with Crippen LogP contribution in [0.4, 0.5) is 4.39 Å². The van der Waals surface area contributed by atoms with Crippen molar-refractivity contribution < 1.29 is 18.6 Å². The quantitative estimate of drug-likeness (QED) is 0.674. The maximum absolute atomic E-state index is 13.5. The van der Waals surface area contributed by atoms with Gasteiger partial charge in [-0.15, -0.1) is 0 Å². The first kappa shape index (κ1) is 18.5. The van der Waals surface area contributed by atoms with E-state index in [0.717, 1.165) is 28.1 Å². The van der Waals surface area contributed by atoms with Crippen LogP contribution >= 0.6 is 0 Å². The van der Waals surface area contributed by atoms with Crippen LogP contribution in [0.15, 0.2) is 72.8 Å². The van der Waals surface area contributed by atoms with Gasteiger partial charge < -0.3 is 19.6 Å². The first-order valence-electron chi connectivity index (χ1n) is 9.68. The number of ether oxygens (including phenoxy) is 3. The molecular weight excluding hydrogens is 383 g/mol. The van der Waals surface area contributed by atoms with E-state index in [-0.39, 0.29) is 11.9 Å². The predicted molar refractivity (Wildman–Crippen MR) is 111 cm³/mol. The molecule has 0 fully saturated rings. The van der Waals surface area contributed by atoms with Gasteiger partial charge in [0.25, 0.3) is 0 Å². The van der Waals surface area contributed by atoms with Gasteiger partial charge in [-0.3, -0.25) is 0 Å². The SMILES string of the molecule is COc1ccc(C2=C[C@H]3c4ccccc4O[C@@H](c4ccc(F)cc4)N3N2)cc1OC. The van der Waals surface area contributed by atoms with Gasteiger partial charge in [-0.2, -0.15) is 5.01 Å². The van der Waals surface area contributed by atoms with Crippen molar-refractivity contribution in [2.24, 2.45) is 0 Å². The second kappa shape index (κ2) is 7.39. The number of nitrogens with one attached hydrogen (secondary N) is 1. The minimum Gasteiger partial charge on any atom is -0.493 e. The number of fused-ring (bicyclic) bond motifs is 3. The summed E-state index contributed by atoms with van der Waals surface area (Å²) < 4.78 is 30.6. The summed E-state index contributed by atoms with van der Waals surface area (Å²) in [4.78, 5) is 0. The number of nitrogens with zero attached hydrogens (tertiary/aromatic N) is 1. The van der Waals surface area contributed by atoms with Crippen molar-refractivity contribution in [3.05, 3.63) is 95.3 Å². The molecule has 0 saturated carbocycles. The van der Waals surface area contributed by atoms with E-state index in [1.807, 2.05) is 41.4 Å². The molecule has 2 aliphatic rings. The Morgan fingerprint density at radius 2 is 1.70 bits per heavy atom. The Balaban J connectivity index is 1.56. The predicted octanol–water partition coefficient (Wildman–Crippen LogP) is 4.84. The van der Waals surface area contributed by atoms with Gasteiger partial charge in [-0.05, 0) is 42.5 Å². The van der Waals surface area contributed by atoms with Gasteiger partial charge in [-0.25, -0.2) is 4.39 Å². The number of hydrogen-bond acceptors (Lipinski definition) is 5. The zero-order valence-corrected chi connectivity index (χ0v) is 16.6. The zero-order chi connectivity index (χ0) is 20.7. The fourth-order valence-corrected chi connectivity index (χ4v) is 3.96. The lowest BCUT2D eigenvalue weighted by Gasteiger charge is -2.38. The van der Waals surface area contributed by atoms with Crippen molar-refractivity contribution >= 4 is 5.70 Å². The van der Waals surface area contributed by atoms with E-state index in [2.05, 4.69) is 17.6 Å². The fraction of sp³-hybridized carbons (Fsp3) is 0.167. The molecule has 152 valence electrons. The Labute approximate surface area is 174 Å². The number of methoxy groups -OCH3 is 2. The Morgan fingerprint density at radius 3 is 2.47 bits per heavy atom. The molecule has 3 aromatic rings. The largest absolute Gasteiger partial charge is 0.493 e. The van der Waals surface area contributed by atoms with Gasteiger partial charge in [-0.1, -0.05) is 30.3 Å². The van der Waals surface area contributed by atoms with Gasteiger partial charge >= 0.3 is 0 Å². The number of hydrazine groups is 1. The summed E-state index contributed by atoms with van der Waals surface area (Å²) in [5.74, 6) is 1.88. The summed E-state index contributed by atoms with van der Waals surface area (Å²) in [5.41, 5.74) is 7.32. The summed E-state index contributed by atoms with van der Waals surface area (Å²) in [6.45, 7) is 0. The average molecular weight is 404 g/mol. The summed E-state index contributed by atoms with van der Waals surface area (Å²) in [5, 5.41) is 2.04. The molecule has 2 aliphatic heterocycles. The highest BCUT2D eigenvalue weighted by molar-refractivity contribution is 5.69. The molecule has 0 saturated heterocycles. The highest BCUT2D eigenvalue weighted by Gasteiger charge is 2.40. The Bertz CT molecular complexity index is 1110. The molecule has 0 bridgehead atoms. The third kappa shape index (κ3) is 3.06. The second-order valence-corrected chi connectivity index (χ2v) is 7.17. The van der Waals surface area contributed by atoms with Crippen molar-refractivity contribution in [2.45, 2.75) is 12.3 Å². The Kier molecular flexibility index (Phi) is 4.56. The third-order valence-corrected chi connectivity index (χ3v) is 5.45. The van der Waals surface area contributed by atoms with Crippen molar-refractivity contribution in [3.63, 3.8) is 0 Å². The lowest BCUT2D eigenvalue weighted by Crippen LogP contribution is -2.43. The third-order valence-electron chi connectivity index (χ3n) is 5.45. The van der Waals surface area contributed by atoms with Crippen LogP contribution in [-0.2, 0) is 0 Å². The van der Waals surface area contributed by atoms with Crippen LogP contribution in [-0.4, -0.2) is 19.2 Å². The molecule has 5 rings (SSSR count). The number of hydrogen-bond donors (Lipinski definition) is 1. The van der Waals surface area contributed by atoms with E-state index in [1.165, 1.54) is 12.1 Å². The van der Waals surface area contributed by atoms with E-state index >= 15 is 0 Å². The minimum absolute atomic E-state index is 0.0342.